The van der Waals surface area contributed by atoms with Crippen molar-refractivity contribution >= 4 is 0 Å². The van der Waals surface area contributed by atoms with Gasteiger partial charge in [0, 0.05) is 11.9 Å². The summed E-state index contributed by atoms with van der Waals surface area (Å²) in [7, 11) is 0. The molecule has 1 aromatic carbocycles. The van der Waals surface area contributed by atoms with E-state index in [9.17, 15) is 9.59 Å². The monoisotopic (exact) mass is 216 g/mol. The van der Waals surface area contributed by atoms with E-state index in [1.165, 1.54) is 5.56 Å². The molecule has 1 aromatic heterocycles. The van der Waals surface area contributed by atoms with E-state index in [1.807, 2.05) is 30.3 Å². The van der Waals surface area contributed by atoms with E-state index in [4.69, 9.17) is 0 Å². The second-order valence-electron chi connectivity index (χ2n) is 3.58. The Bertz CT molecular complexity index is 569. The summed E-state index contributed by atoms with van der Waals surface area (Å²) in [5.41, 5.74) is 0.747. The highest BCUT2D eigenvalue weighted by Crippen LogP contribution is 2.02. The van der Waals surface area contributed by atoms with Crippen molar-refractivity contribution in [1.82, 2.24) is 9.97 Å². The molecule has 0 unspecified atom stereocenters. The Morgan fingerprint density at radius 3 is 2.38 bits per heavy atom. The SMILES string of the molecule is O=c1[nH]cc(CCc2ccccc2)[nH]c1=O. The van der Waals surface area contributed by atoms with Gasteiger partial charge in [0.15, 0.2) is 0 Å². The van der Waals surface area contributed by atoms with Gasteiger partial charge in [-0.1, -0.05) is 30.3 Å². The van der Waals surface area contributed by atoms with Crippen LogP contribution in [0.4, 0.5) is 0 Å². The van der Waals surface area contributed by atoms with Gasteiger partial charge in [-0.2, -0.15) is 0 Å². The number of rotatable bonds is 3. The first-order valence-corrected chi connectivity index (χ1v) is 5.10. The van der Waals surface area contributed by atoms with E-state index in [-0.39, 0.29) is 0 Å². The molecule has 2 N–H and O–H groups in total. The first kappa shape index (κ1) is 10.4. The van der Waals surface area contributed by atoms with Crippen LogP contribution in [-0.4, -0.2) is 9.97 Å². The van der Waals surface area contributed by atoms with E-state index < -0.39 is 11.1 Å². The molecule has 2 rings (SSSR count). The number of H-pyrrole nitrogens is 2. The molecule has 0 saturated heterocycles. The first-order chi connectivity index (χ1) is 7.75. The van der Waals surface area contributed by atoms with E-state index in [0.29, 0.717) is 6.42 Å². The summed E-state index contributed by atoms with van der Waals surface area (Å²) in [6, 6.07) is 9.98. The zero-order valence-corrected chi connectivity index (χ0v) is 8.69. The standard InChI is InChI=1S/C12H12N2O2/c15-11-12(16)14-10(8-13-11)7-6-9-4-2-1-3-5-9/h1-5,8H,6-7H2,(H,13,15)(H,14,16). The topological polar surface area (TPSA) is 65.7 Å². The summed E-state index contributed by atoms with van der Waals surface area (Å²) >= 11 is 0. The van der Waals surface area contributed by atoms with Crippen molar-refractivity contribution in [3.05, 3.63) is 68.5 Å². The zero-order chi connectivity index (χ0) is 11.4. The summed E-state index contributed by atoms with van der Waals surface area (Å²) in [4.78, 5) is 26.8. The minimum absolute atomic E-state index is 0.592. The van der Waals surface area contributed by atoms with Crippen molar-refractivity contribution in [2.24, 2.45) is 0 Å². The van der Waals surface area contributed by atoms with E-state index in [1.54, 1.807) is 6.20 Å². The second-order valence-corrected chi connectivity index (χ2v) is 3.58. The predicted octanol–water partition coefficient (Wildman–Crippen LogP) is 0.848. The molecule has 2 aromatic rings. The Hall–Kier alpha value is -2.10. The van der Waals surface area contributed by atoms with Gasteiger partial charge in [0.05, 0.1) is 0 Å². The van der Waals surface area contributed by atoms with Crippen LogP contribution < -0.4 is 11.1 Å². The third-order valence-electron chi connectivity index (χ3n) is 2.38. The van der Waals surface area contributed by atoms with Crippen molar-refractivity contribution < 1.29 is 0 Å². The van der Waals surface area contributed by atoms with Gasteiger partial charge < -0.3 is 9.97 Å². The molecule has 0 atom stereocenters. The molecule has 0 spiro atoms. The molecule has 0 amide bonds. The average molecular weight is 216 g/mol. The lowest BCUT2D eigenvalue weighted by atomic mass is 10.1. The van der Waals surface area contributed by atoms with Crippen LogP contribution in [0.5, 0.6) is 0 Å². The van der Waals surface area contributed by atoms with Gasteiger partial charge in [-0.3, -0.25) is 9.59 Å². The summed E-state index contributed by atoms with van der Waals surface area (Å²) < 4.78 is 0. The molecule has 0 aliphatic rings. The number of aromatic nitrogens is 2. The van der Waals surface area contributed by atoms with Crippen molar-refractivity contribution in [3.63, 3.8) is 0 Å². The lowest BCUT2D eigenvalue weighted by Gasteiger charge is -2.00. The van der Waals surface area contributed by atoms with Gasteiger partial charge in [0.2, 0.25) is 0 Å². The fourth-order valence-corrected chi connectivity index (χ4v) is 1.52. The van der Waals surface area contributed by atoms with Crippen molar-refractivity contribution in [2.75, 3.05) is 0 Å². The molecule has 1 heterocycles. The third-order valence-corrected chi connectivity index (χ3v) is 2.38. The van der Waals surface area contributed by atoms with Crippen LogP contribution in [0.15, 0.2) is 46.1 Å². The predicted molar refractivity (Wildman–Crippen MR) is 61.5 cm³/mol. The Morgan fingerprint density at radius 2 is 1.69 bits per heavy atom. The number of aromatic amines is 2. The van der Waals surface area contributed by atoms with Gasteiger partial charge in [0.25, 0.3) is 0 Å². The molecular weight excluding hydrogens is 204 g/mol. The van der Waals surface area contributed by atoms with E-state index >= 15 is 0 Å². The molecular formula is C12H12N2O2. The number of aryl methyl sites for hydroxylation is 2. The Kier molecular flexibility index (Phi) is 3.00. The van der Waals surface area contributed by atoms with Crippen molar-refractivity contribution in [2.45, 2.75) is 12.8 Å². The van der Waals surface area contributed by atoms with Crippen molar-refractivity contribution in [3.8, 4) is 0 Å². The summed E-state index contributed by atoms with van der Waals surface area (Å²) in [5, 5.41) is 0. The smallest absolute Gasteiger partial charge is 0.313 e. The highest BCUT2D eigenvalue weighted by Gasteiger charge is 1.98. The van der Waals surface area contributed by atoms with Gasteiger partial charge in [-0.15, -0.1) is 0 Å². The quantitative estimate of drug-likeness (QED) is 0.747. The van der Waals surface area contributed by atoms with Gasteiger partial charge in [0.1, 0.15) is 0 Å². The number of benzene rings is 1. The molecule has 0 bridgehead atoms. The van der Waals surface area contributed by atoms with Crippen molar-refractivity contribution in [1.29, 1.82) is 0 Å². The van der Waals surface area contributed by atoms with E-state index in [0.717, 1.165) is 12.1 Å². The summed E-state index contributed by atoms with van der Waals surface area (Å²) in [6.45, 7) is 0. The third kappa shape index (κ3) is 2.48. The molecule has 0 aliphatic carbocycles. The van der Waals surface area contributed by atoms with Crippen LogP contribution >= 0.6 is 0 Å². The van der Waals surface area contributed by atoms with Crippen LogP contribution in [-0.2, 0) is 12.8 Å². The minimum atomic E-state index is -0.608. The minimum Gasteiger partial charge on any atom is -0.323 e. The highest BCUT2D eigenvalue weighted by molar-refractivity contribution is 5.15. The van der Waals surface area contributed by atoms with Gasteiger partial charge in [-0.25, -0.2) is 0 Å². The number of nitrogens with one attached hydrogen (secondary N) is 2. The lowest BCUT2D eigenvalue weighted by Crippen LogP contribution is -2.29. The Morgan fingerprint density at radius 1 is 0.938 bits per heavy atom. The molecule has 4 nitrogen and oxygen atoms in total. The molecule has 16 heavy (non-hydrogen) atoms. The number of hydrogen-bond donors (Lipinski definition) is 2. The maximum atomic E-state index is 11.1. The number of hydrogen-bond acceptors (Lipinski definition) is 2. The average Bonchev–Trinajstić information content (AvgIpc) is 2.32. The fraction of sp³-hybridized carbons (Fsp3) is 0.167. The largest absolute Gasteiger partial charge is 0.323 e. The molecule has 0 radical (unpaired) electrons. The lowest BCUT2D eigenvalue weighted by molar-refractivity contribution is 0.876. The molecule has 4 heteroatoms. The Balaban J connectivity index is 2.08. The highest BCUT2D eigenvalue weighted by atomic mass is 16.2. The van der Waals surface area contributed by atoms with Crippen LogP contribution in [0.3, 0.4) is 0 Å². The molecule has 82 valence electrons. The first-order valence-electron chi connectivity index (χ1n) is 5.10. The molecule has 0 fully saturated rings. The van der Waals surface area contributed by atoms with Gasteiger partial charge >= 0.3 is 11.1 Å². The fourth-order valence-electron chi connectivity index (χ4n) is 1.52. The maximum absolute atomic E-state index is 11.1. The zero-order valence-electron chi connectivity index (χ0n) is 8.69. The van der Waals surface area contributed by atoms with Crippen LogP contribution in [0.2, 0.25) is 0 Å². The maximum Gasteiger partial charge on any atom is 0.313 e. The van der Waals surface area contributed by atoms with Crippen LogP contribution in [0.25, 0.3) is 0 Å². The normalized spacial score (nSPS) is 10.2. The van der Waals surface area contributed by atoms with Crippen LogP contribution in [0.1, 0.15) is 11.3 Å². The summed E-state index contributed by atoms with van der Waals surface area (Å²) in [5.74, 6) is 0. The van der Waals surface area contributed by atoms with Gasteiger partial charge in [-0.05, 0) is 18.4 Å². The Labute approximate surface area is 92.0 Å². The van der Waals surface area contributed by atoms with Crippen LogP contribution in [0, 0.1) is 0 Å². The molecule has 0 saturated carbocycles. The summed E-state index contributed by atoms with van der Waals surface area (Å²) in [6.07, 6.45) is 3.09. The molecule has 0 aliphatic heterocycles. The second kappa shape index (κ2) is 4.61. The van der Waals surface area contributed by atoms with E-state index in [2.05, 4.69) is 9.97 Å².